The van der Waals surface area contributed by atoms with Gasteiger partial charge in [-0.15, -0.1) is 0 Å². The van der Waals surface area contributed by atoms with Crippen LogP contribution in [0.2, 0.25) is 5.02 Å². The van der Waals surface area contributed by atoms with Crippen LogP contribution in [0, 0.1) is 13.8 Å². The number of rotatable bonds is 5. The summed E-state index contributed by atoms with van der Waals surface area (Å²) in [5, 5.41) is 7.38. The summed E-state index contributed by atoms with van der Waals surface area (Å²) in [6.07, 6.45) is 6.68. The number of aliphatic imine (C=N–C) groups is 1. The molecule has 0 bridgehead atoms. The Bertz CT molecular complexity index is 1140. The number of nitrogens with one attached hydrogen (secondary N) is 1. The van der Waals surface area contributed by atoms with Gasteiger partial charge in [0.25, 0.3) is 5.91 Å². The Morgan fingerprint density at radius 3 is 2.74 bits per heavy atom. The van der Waals surface area contributed by atoms with E-state index in [2.05, 4.69) is 15.5 Å². The molecule has 2 heterocycles. The molecule has 0 radical (unpaired) electrons. The smallest absolute Gasteiger partial charge is 0.312 e. The summed E-state index contributed by atoms with van der Waals surface area (Å²) in [6, 6.07) is 7.03. The van der Waals surface area contributed by atoms with E-state index in [1.165, 1.54) is 0 Å². The van der Waals surface area contributed by atoms with Crippen molar-refractivity contribution in [2.75, 3.05) is 6.54 Å². The van der Waals surface area contributed by atoms with Crippen molar-refractivity contribution in [3.05, 3.63) is 81.4 Å². The third-order valence-corrected chi connectivity index (χ3v) is 5.26. The number of halogens is 1. The minimum Gasteiger partial charge on any atom is -0.474 e. The van der Waals surface area contributed by atoms with Gasteiger partial charge in [0.15, 0.2) is 11.9 Å². The van der Waals surface area contributed by atoms with E-state index >= 15 is 0 Å². The molecule has 1 N–H and O–H groups in total. The highest BCUT2D eigenvalue weighted by atomic mass is 35.5. The van der Waals surface area contributed by atoms with Gasteiger partial charge >= 0.3 is 5.91 Å². The van der Waals surface area contributed by atoms with Crippen molar-refractivity contribution in [1.82, 2.24) is 10.5 Å². The predicted molar refractivity (Wildman–Crippen MR) is 117 cm³/mol. The fourth-order valence-electron chi connectivity index (χ4n) is 3.34. The number of ether oxygens (including phenoxy) is 1. The molecule has 2 aliphatic rings. The van der Waals surface area contributed by atoms with Gasteiger partial charge in [-0.2, -0.15) is 0 Å². The molecule has 0 spiro atoms. The van der Waals surface area contributed by atoms with E-state index in [0.717, 1.165) is 22.6 Å². The molecule has 1 aliphatic heterocycles. The predicted octanol–water partition coefficient (Wildman–Crippen LogP) is 3.51. The topological polar surface area (TPSA) is 93.8 Å². The Kier molecular flexibility index (Phi) is 5.86. The molecule has 1 aromatic heterocycles. The van der Waals surface area contributed by atoms with Gasteiger partial charge in [0.2, 0.25) is 0 Å². The van der Waals surface area contributed by atoms with Gasteiger partial charge in [-0.25, -0.2) is 4.99 Å². The van der Waals surface area contributed by atoms with Gasteiger partial charge < -0.3 is 14.6 Å². The summed E-state index contributed by atoms with van der Waals surface area (Å²) < 4.78 is 10.9. The molecule has 1 aliphatic carbocycles. The van der Waals surface area contributed by atoms with Crippen molar-refractivity contribution in [1.29, 1.82) is 0 Å². The Labute approximate surface area is 184 Å². The number of aromatic nitrogens is 1. The van der Waals surface area contributed by atoms with Crippen LogP contribution in [0.3, 0.4) is 0 Å². The summed E-state index contributed by atoms with van der Waals surface area (Å²) in [6.45, 7) is 4.15. The molecule has 0 fully saturated rings. The van der Waals surface area contributed by atoms with Crippen LogP contribution in [0.5, 0.6) is 0 Å². The van der Waals surface area contributed by atoms with Gasteiger partial charge in [-0.3, -0.25) is 9.59 Å². The van der Waals surface area contributed by atoms with Gasteiger partial charge in [0, 0.05) is 22.7 Å². The molecule has 31 heavy (non-hydrogen) atoms. The molecule has 4 rings (SSSR count). The first kappa shape index (κ1) is 20.8. The fraction of sp³-hybridized carbons (Fsp3) is 0.217. The molecule has 7 nitrogen and oxygen atoms in total. The second-order valence-electron chi connectivity index (χ2n) is 7.21. The summed E-state index contributed by atoms with van der Waals surface area (Å²) in [5.41, 5.74) is 3.40. The monoisotopic (exact) mass is 437 g/mol. The third-order valence-electron chi connectivity index (χ3n) is 5.01. The zero-order chi connectivity index (χ0) is 22.0. The van der Waals surface area contributed by atoms with Crippen LogP contribution < -0.4 is 5.32 Å². The molecule has 2 aromatic rings. The first-order valence-electron chi connectivity index (χ1n) is 9.77. The van der Waals surface area contributed by atoms with Crippen molar-refractivity contribution in [2.45, 2.75) is 26.4 Å². The van der Waals surface area contributed by atoms with E-state index in [9.17, 15) is 9.59 Å². The highest BCUT2D eigenvalue weighted by Gasteiger charge is 2.29. The summed E-state index contributed by atoms with van der Waals surface area (Å²) in [7, 11) is 0. The molecule has 8 heteroatoms. The van der Waals surface area contributed by atoms with Crippen molar-refractivity contribution < 1.29 is 18.8 Å². The molecule has 2 amide bonds. The van der Waals surface area contributed by atoms with Gasteiger partial charge in [-0.05, 0) is 62.3 Å². The van der Waals surface area contributed by atoms with Crippen LogP contribution in [-0.2, 0) is 20.7 Å². The lowest BCUT2D eigenvalue weighted by Crippen LogP contribution is -2.33. The first-order valence-corrected chi connectivity index (χ1v) is 10.1. The maximum absolute atomic E-state index is 12.5. The molecule has 0 saturated heterocycles. The molecular formula is C23H20ClN3O4. The van der Waals surface area contributed by atoms with E-state index in [1.807, 2.05) is 13.8 Å². The van der Waals surface area contributed by atoms with Crippen LogP contribution in [0.4, 0.5) is 0 Å². The van der Waals surface area contributed by atoms with Crippen LogP contribution in [0.1, 0.15) is 22.6 Å². The quantitative estimate of drug-likeness (QED) is 0.722. The molecule has 0 saturated carbocycles. The number of carbonyl (C=O) groups excluding carboxylic acids is 2. The van der Waals surface area contributed by atoms with Crippen LogP contribution in [0.25, 0.3) is 6.08 Å². The van der Waals surface area contributed by atoms with Gasteiger partial charge in [0.1, 0.15) is 5.76 Å². The highest BCUT2D eigenvalue weighted by Crippen LogP contribution is 2.23. The molecule has 1 aromatic carbocycles. The summed E-state index contributed by atoms with van der Waals surface area (Å²) >= 11 is 5.89. The number of benzene rings is 1. The summed E-state index contributed by atoms with van der Waals surface area (Å²) in [4.78, 5) is 29.0. The number of carbonyl (C=O) groups is 2. The highest BCUT2D eigenvalue weighted by molar-refractivity contribution is 6.30. The lowest BCUT2D eigenvalue weighted by molar-refractivity contribution is -0.119. The average molecular weight is 438 g/mol. The van der Waals surface area contributed by atoms with Gasteiger partial charge in [0.05, 0.1) is 11.4 Å². The SMILES string of the molecule is Cc1noc(C)c1CCNC(=O)C1=CC2=NC(=O)/C(=C/c3ccc(Cl)cc3)OC2C=C1. The van der Waals surface area contributed by atoms with Crippen molar-refractivity contribution in [2.24, 2.45) is 4.99 Å². The van der Waals surface area contributed by atoms with Crippen LogP contribution in [0.15, 0.2) is 63.3 Å². The lowest BCUT2D eigenvalue weighted by atomic mass is 10.0. The lowest BCUT2D eigenvalue weighted by Gasteiger charge is -2.24. The van der Waals surface area contributed by atoms with E-state index < -0.39 is 12.0 Å². The Morgan fingerprint density at radius 1 is 1.26 bits per heavy atom. The number of hydrogen-bond acceptors (Lipinski definition) is 5. The maximum atomic E-state index is 12.5. The number of fused-ring (bicyclic) bond motifs is 1. The average Bonchev–Trinajstić information content (AvgIpc) is 3.07. The van der Waals surface area contributed by atoms with Crippen molar-refractivity contribution in [3.8, 4) is 0 Å². The second kappa shape index (κ2) is 8.73. The van der Waals surface area contributed by atoms with Crippen LogP contribution >= 0.6 is 11.6 Å². The molecule has 1 atom stereocenters. The Morgan fingerprint density at radius 2 is 2.03 bits per heavy atom. The van der Waals surface area contributed by atoms with E-state index in [1.54, 1.807) is 48.6 Å². The number of amides is 2. The maximum Gasteiger partial charge on any atom is 0.312 e. The zero-order valence-corrected chi connectivity index (χ0v) is 17.8. The standard InChI is InChI=1S/C23H20ClN3O4/c1-13-18(14(2)31-27-13)9-10-25-22(28)16-5-8-20-19(12-16)26-23(29)21(30-20)11-15-3-6-17(24)7-4-15/h3-8,11-12,20H,9-10H2,1-2H3,(H,25,28)/b21-11-. The number of nitrogens with zero attached hydrogens (tertiary/aromatic N) is 2. The fourth-order valence-corrected chi connectivity index (χ4v) is 3.47. The van der Waals surface area contributed by atoms with E-state index in [4.69, 9.17) is 20.9 Å². The zero-order valence-electron chi connectivity index (χ0n) is 17.0. The Balaban J connectivity index is 1.42. The molecule has 158 valence electrons. The molecular weight excluding hydrogens is 418 g/mol. The summed E-state index contributed by atoms with van der Waals surface area (Å²) in [5.74, 6) is 0.146. The third kappa shape index (κ3) is 4.67. The van der Waals surface area contributed by atoms with Gasteiger partial charge in [-0.1, -0.05) is 28.9 Å². The first-order chi connectivity index (χ1) is 14.9. The second-order valence-corrected chi connectivity index (χ2v) is 7.64. The largest absolute Gasteiger partial charge is 0.474 e. The van der Waals surface area contributed by atoms with Crippen molar-refractivity contribution in [3.63, 3.8) is 0 Å². The minimum absolute atomic E-state index is 0.140. The van der Waals surface area contributed by atoms with E-state index in [0.29, 0.717) is 29.3 Å². The number of aryl methyl sites for hydroxylation is 2. The van der Waals surface area contributed by atoms with Crippen LogP contribution in [-0.4, -0.2) is 35.3 Å². The Hall–Kier alpha value is -3.45. The molecule has 1 unspecified atom stereocenters. The van der Waals surface area contributed by atoms with Crippen molar-refractivity contribution >= 4 is 35.2 Å². The normalized spacial score (nSPS) is 18.9. The number of hydrogen-bond donors (Lipinski definition) is 1. The van der Waals surface area contributed by atoms with E-state index in [-0.39, 0.29) is 11.7 Å². The minimum atomic E-state index is -0.518.